The SMILES string of the molecule is O=C(O)[C@H]1O[C@@H](O)[C@H](O)[C@@H](O[C@@H]2O[C@H](CO)[C@H](O)[C@H](O)[C@H]2O)[C@@H]1O. The Kier molecular flexibility index (Phi) is 6.09. The van der Waals surface area contributed by atoms with Gasteiger partial charge in [-0.1, -0.05) is 0 Å². The van der Waals surface area contributed by atoms with Crippen LogP contribution in [0, 0.1) is 0 Å². The predicted molar refractivity (Wildman–Crippen MR) is 69.2 cm³/mol. The second-order valence-corrected chi connectivity index (χ2v) is 5.56. The lowest BCUT2D eigenvalue weighted by Crippen LogP contribution is -2.65. The Bertz CT molecular complexity index is 444. The van der Waals surface area contributed by atoms with E-state index in [1.54, 1.807) is 0 Å². The van der Waals surface area contributed by atoms with Crippen molar-refractivity contribution in [3.05, 3.63) is 0 Å². The van der Waals surface area contributed by atoms with Gasteiger partial charge in [0.1, 0.15) is 42.7 Å². The van der Waals surface area contributed by atoms with Crippen LogP contribution in [0.15, 0.2) is 0 Å². The molecule has 10 atom stereocenters. The fourth-order valence-corrected chi connectivity index (χ4v) is 2.55. The molecule has 0 saturated carbocycles. The molecule has 2 saturated heterocycles. The second kappa shape index (κ2) is 7.53. The van der Waals surface area contributed by atoms with Crippen molar-refractivity contribution in [3.8, 4) is 0 Å². The molecule has 0 radical (unpaired) electrons. The van der Waals surface area contributed by atoms with Gasteiger partial charge in [0, 0.05) is 0 Å². The van der Waals surface area contributed by atoms with Crippen LogP contribution in [0.5, 0.6) is 0 Å². The summed E-state index contributed by atoms with van der Waals surface area (Å²) in [4.78, 5) is 11.0. The Morgan fingerprint density at radius 1 is 0.875 bits per heavy atom. The molecule has 0 unspecified atom stereocenters. The summed E-state index contributed by atoms with van der Waals surface area (Å²) in [5.74, 6) is -1.63. The Morgan fingerprint density at radius 2 is 1.50 bits per heavy atom. The van der Waals surface area contributed by atoms with Gasteiger partial charge in [-0.3, -0.25) is 0 Å². The van der Waals surface area contributed by atoms with E-state index in [1.807, 2.05) is 0 Å². The minimum Gasteiger partial charge on any atom is -0.479 e. The maximum Gasteiger partial charge on any atom is 0.335 e. The van der Waals surface area contributed by atoms with Gasteiger partial charge in [-0.05, 0) is 0 Å². The van der Waals surface area contributed by atoms with Crippen molar-refractivity contribution in [1.82, 2.24) is 0 Å². The van der Waals surface area contributed by atoms with E-state index in [9.17, 15) is 35.4 Å². The van der Waals surface area contributed by atoms with Gasteiger partial charge in [0.15, 0.2) is 18.7 Å². The van der Waals surface area contributed by atoms with Crippen LogP contribution in [-0.2, 0) is 19.0 Å². The third kappa shape index (κ3) is 3.52. The van der Waals surface area contributed by atoms with Crippen molar-refractivity contribution < 1.29 is 59.9 Å². The van der Waals surface area contributed by atoms with Crippen LogP contribution >= 0.6 is 0 Å². The molecule has 8 N–H and O–H groups in total. The molecule has 2 aliphatic rings. The number of carboxylic acids is 1. The number of hydrogen-bond donors (Lipinski definition) is 8. The van der Waals surface area contributed by atoms with E-state index in [-0.39, 0.29) is 0 Å². The van der Waals surface area contributed by atoms with E-state index in [1.165, 1.54) is 0 Å². The molecule has 0 aromatic heterocycles. The van der Waals surface area contributed by atoms with Crippen LogP contribution in [-0.4, -0.2) is 115 Å². The Morgan fingerprint density at radius 3 is 2.04 bits per heavy atom. The first-order valence-electron chi connectivity index (χ1n) is 7.07. The zero-order valence-electron chi connectivity index (χ0n) is 12.2. The quantitative estimate of drug-likeness (QED) is 0.238. The third-order valence-corrected chi connectivity index (χ3v) is 3.94. The molecular weight excluding hydrogens is 336 g/mol. The predicted octanol–water partition coefficient (Wildman–Crippen LogP) is -5.30. The summed E-state index contributed by atoms with van der Waals surface area (Å²) in [6, 6.07) is 0. The van der Waals surface area contributed by atoms with Gasteiger partial charge in [-0.15, -0.1) is 0 Å². The van der Waals surface area contributed by atoms with Gasteiger partial charge in [0.05, 0.1) is 6.61 Å². The van der Waals surface area contributed by atoms with E-state index in [4.69, 9.17) is 19.7 Å². The summed E-state index contributed by atoms with van der Waals surface area (Å²) < 4.78 is 14.7. The molecule has 140 valence electrons. The fourth-order valence-electron chi connectivity index (χ4n) is 2.55. The number of aliphatic hydroxyl groups is 7. The lowest BCUT2D eigenvalue weighted by atomic mass is 9.97. The maximum absolute atomic E-state index is 11.0. The average Bonchev–Trinajstić information content (AvgIpc) is 2.54. The number of hydrogen-bond acceptors (Lipinski definition) is 11. The number of aliphatic hydroxyl groups excluding tert-OH is 7. The van der Waals surface area contributed by atoms with Crippen molar-refractivity contribution in [1.29, 1.82) is 0 Å². The molecule has 2 aliphatic heterocycles. The molecule has 0 spiro atoms. The van der Waals surface area contributed by atoms with Crippen molar-refractivity contribution in [2.45, 2.75) is 61.4 Å². The van der Waals surface area contributed by atoms with Gasteiger partial charge >= 0.3 is 5.97 Å². The van der Waals surface area contributed by atoms with E-state index in [0.717, 1.165) is 0 Å². The fraction of sp³-hybridized carbons (Fsp3) is 0.917. The summed E-state index contributed by atoms with van der Waals surface area (Å²) >= 11 is 0. The van der Waals surface area contributed by atoms with Crippen LogP contribution in [0.3, 0.4) is 0 Å². The zero-order chi connectivity index (χ0) is 18.2. The van der Waals surface area contributed by atoms with Crippen molar-refractivity contribution >= 4 is 5.97 Å². The average molecular weight is 356 g/mol. The number of carboxylic acid groups (broad SMARTS) is 1. The van der Waals surface area contributed by atoms with Gasteiger partial charge in [0.2, 0.25) is 0 Å². The minimum atomic E-state index is -2.00. The first-order chi connectivity index (χ1) is 11.2. The Labute approximate surface area is 135 Å². The Hall–Kier alpha value is -0.930. The van der Waals surface area contributed by atoms with E-state index in [2.05, 4.69) is 4.74 Å². The van der Waals surface area contributed by atoms with Crippen LogP contribution < -0.4 is 0 Å². The highest BCUT2D eigenvalue weighted by Gasteiger charge is 2.51. The highest BCUT2D eigenvalue weighted by Crippen LogP contribution is 2.28. The molecule has 0 aromatic rings. The minimum absolute atomic E-state index is 0.732. The molecule has 0 bridgehead atoms. The van der Waals surface area contributed by atoms with E-state index < -0.39 is 74.0 Å². The number of carbonyl (C=O) groups is 1. The topological polar surface area (TPSA) is 207 Å². The number of aliphatic carboxylic acids is 1. The monoisotopic (exact) mass is 356 g/mol. The highest BCUT2D eigenvalue weighted by atomic mass is 16.7. The molecule has 2 rings (SSSR count). The molecular formula is C12H20O12. The van der Waals surface area contributed by atoms with Crippen LogP contribution in [0.2, 0.25) is 0 Å². The summed E-state index contributed by atoms with van der Waals surface area (Å²) in [5.41, 5.74) is 0. The summed E-state index contributed by atoms with van der Waals surface area (Å²) in [7, 11) is 0. The molecule has 24 heavy (non-hydrogen) atoms. The molecule has 0 aromatic carbocycles. The first kappa shape index (κ1) is 19.4. The standard InChI is InChI=1S/C12H20O12/c13-1-2-3(14)4(15)5(16)12(22-2)24-8-6(17)9(10(19)20)23-11(21)7(8)18/h2-9,11-18,21H,1H2,(H,19,20)/t2-,3+,4+,5-,6+,7-,8+,9+,11-,12+/m1/s1. The van der Waals surface area contributed by atoms with Crippen LogP contribution in [0.1, 0.15) is 0 Å². The first-order valence-corrected chi connectivity index (χ1v) is 7.07. The second-order valence-electron chi connectivity index (χ2n) is 5.56. The number of rotatable bonds is 4. The summed E-state index contributed by atoms with van der Waals surface area (Å²) in [6.07, 6.45) is -17.8. The maximum atomic E-state index is 11.0. The van der Waals surface area contributed by atoms with Crippen molar-refractivity contribution in [2.24, 2.45) is 0 Å². The summed E-state index contributed by atoms with van der Waals surface area (Å²) in [5, 5.41) is 76.4. The highest BCUT2D eigenvalue weighted by molar-refractivity contribution is 5.73. The molecule has 0 amide bonds. The van der Waals surface area contributed by atoms with Gasteiger partial charge in [-0.2, -0.15) is 0 Å². The molecule has 2 fully saturated rings. The van der Waals surface area contributed by atoms with Crippen LogP contribution in [0.25, 0.3) is 0 Å². The Balaban J connectivity index is 2.16. The zero-order valence-corrected chi connectivity index (χ0v) is 12.2. The number of ether oxygens (including phenoxy) is 3. The normalized spacial score (nSPS) is 49.8. The molecule has 2 heterocycles. The van der Waals surface area contributed by atoms with Gasteiger partial charge < -0.3 is 55.1 Å². The smallest absolute Gasteiger partial charge is 0.335 e. The van der Waals surface area contributed by atoms with Crippen molar-refractivity contribution in [3.63, 3.8) is 0 Å². The van der Waals surface area contributed by atoms with Crippen LogP contribution in [0.4, 0.5) is 0 Å². The molecule has 0 aliphatic carbocycles. The van der Waals surface area contributed by atoms with Gasteiger partial charge in [0.25, 0.3) is 0 Å². The lowest BCUT2D eigenvalue weighted by Gasteiger charge is -2.44. The third-order valence-electron chi connectivity index (χ3n) is 3.94. The van der Waals surface area contributed by atoms with E-state index >= 15 is 0 Å². The molecule has 12 heteroatoms. The van der Waals surface area contributed by atoms with E-state index in [0.29, 0.717) is 0 Å². The van der Waals surface area contributed by atoms with Gasteiger partial charge in [-0.25, -0.2) is 4.79 Å². The van der Waals surface area contributed by atoms with Crippen molar-refractivity contribution in [2.75, 3.05) is 6.61 Å². The summed E-state index contributed by atoms with van der Waals surface area (Å²) in [6.45, 7) is -0.732. The largest absolute Gasteiger partial charge is 0.479 e. The lowest BCUT2D eigenvalue weighted by molar-refractivity contribution is -0.352. The molecule has 12 nitrogen and oxygen atoms in total.